The van der Waals surface area contributed by atoms with E-state index in [9.17, 15) is 9.18 Å². The Morgan fingerprint density at radius 1 is 1.40 bits per heavy atom. The average molecular weight is 276 g/mol. The molecular formula is C15H17FN2O2. The first-order chi connectivity index (χ1) is 9.28. The van der Waals surface area contributed by atoms with Crippen molar-refractivity contribution in [2.45, 2.75) is 33.3 Å². The van der Waals surface area contributed by atoms with Gasteiger partial charge in [0.15, 0.2) is 0 Å². The number of carbonyl (C=O) groups excluding carboxylic acids is 1. The molecule has 106 valence electrons. The van der Waals surface area contributed by atoms with Crippen LogP contribution in [0.4, 0.5) is 9.18 Å². The highest BCUT2D eigenvalue weighted by atomic mass is 19.1. The van der Waals surface area contributed by atoms with Crippen molar-refractivity contribution in [1.82, 2.24) is 9.55 Å². The SMILES string of the molecule is Cc1ncc(F)cc1-c1cccn1C(=O)OC(C)(C)C. The maximum Gasteiger partial charge on any atom is 0.418 e. The molecule has 0 aliphatic rings. The summed E-state index contributed by atoms with van der Waals surface area (Å²) < 4.78 is 20.0. The number of halogens is 1. The maximum atomic E-state index is 13.4. The van der Waals surface area contributed by atoms with Crippen LogP contribution >= 0.6 is 0 Å². The van der Waals surface area contributed by atoms with Gasteiger partial charge in [-0.3, -0.25) is 9.55 Å². The van der Waals surface area contributed by atoms with Crippen LogP contribution in [0.5, 0.6) is 0 Å². The Hall–Kier alpha value is -2.17. The monoisotopic (exact) mass is 276 g/mol. The van der Waals surface area contributed by atoms with Crippen molar-refractivity contribution in [3.05, 3.63) is 42.1 Å². The van der Waals surface area contributed by atoms with Crippen LogP contribution in [0.3, 0.4) is 0 Å². The highest BCUT2D eigenvalue weighted by Gasteiger charge is 2.20. The summed E-state index contributed by atoms with van der Waals surface area (Å²) in [6.45, 7) is 7.15. The molecule has 4 nitrogen and oxygen atoms in total. The van der Waals surface area contributed by atoms with Gasteiger partial charge in [-0.25, -0.2) is 9.18 Å². The number of aromatic nitrogens is 2. The molecule has 0 saturated heterocycles. The molecule has 2 heterocycles. The topological polar surface area (TPSA) is 44.1 Å². The Morgan fingerprint density at radius 3 is 2.75 bits per heavy atom. The Bertz CT molecular complexity index is 642. The third kappa shape index (κ3) is 3.04. The summed E-state index contributed by atoms with van der Waals surface area (Å²) in [5.41, 5.74) is 1.19. The van der Waals surface area contributed by atoms with Gasteiger partial charge in [0.1, 0.15) is 11.4 Å². The fraction of sp³-hybridized carbons (Fsp3) is 0.333. The first kappa shape index (κ1) is 14.2. The largest absolute Gasteiger partial charge is 0.443 e. The van der Waals surface area contributed by atoms with Gasteiger partial charge in [-0.1, -0.05) is 0 Å². The molecule has 0 aromatic carbocycles. The predicted molar refractivity (Wildman–Crippen MR) is 74.0 cm³/mol. The molecule has 0 unspecified atom stereocenters. The summed E-state index contributed by atoms with van der Waals surface area (Å²) in [5.74, 6) is -0.442. The van der Waals surface area contributed by atoms with Gasteiger partial charge in [-0.2, -0.15) is 0 Å². The fourth-order valence-corrected chi connectivity index (χ4v) is 1.84. The smallest absolute Gasteiger partial charge is 0.418 e. The van der Waals surface area contributed by atoms with Crippen molar-refractivity contribution < 1.29 is 13.9 Å². The quantitative estimate of drug-likeness (QED) is 0.796. The molecule has 0 aliphatic heterocycles. The second-order valence-corrected chi connectivity index (χ2v) is 5.53. The van der Waals surface area contributed by atoms with E-state index in [2.05, 4.69) is 4.98 Å². The molecule has 0 amide bonds. The molecule has 2 aromatic rings. The van der Waals surface area contributed by atoms with E-state index in [0.29, 0.717) is 17.0 Å². The molecule has 20 heavy (non-hydrogen) atoms. The van der Waals surface area contributed by atoms with Crippen LogP contribution in [0, 0.1) is 12.7 Å². The Labute approximate surface area is 117 Å². The summed E-state index contributed by atoms with van der Waals surface area (Å²) >= 11 is 0. The fourth-order valence-electron chi connectivity index (χ4n) is 1.84. The van der Waals surface area contributed by atoms with Crippen LogP contribution in [0.15, 0.2) is 30.6 Å². The molecule has 0 atom stereocenters. The lowest BCUT2D eigenvalue weighted by Gasteiger charge is -2.20. The molecule has 2 rings (SSSR count). The van der Waals surface area contributed by atoms with Crippen molar-refractivity contribution in [1.29, 1.82) is 0 Å². The Balaban J connectivity index is 2.43. The van der Waals surface area contributed by atoms with Gasteiger partial charge in [0.05, 0.1) is 11.9 Å². The lowest BCUT2D eigenvalue weighted by Crippen LogP contribution is -2.27. The van der Waals surface area contributed by atoms with Gasteiger partial charge < -0.3 is 4.74 Å². The summed E-state index contributed by atoms with van der Waals surface area (Å²) in [5, 5.41) is 0. The van der Waals surface area contributed by atoms with E-state index in [-0.39, 0.29) is 0 Å². The molecule has 0 bridgehead atoms. The standard InChI is InChI=1S/C15H17FN2O2/c1-10-12(8-11(16)9-17-10)13-6-5-7-18(13)14(19)20-15(2,3)4/h5-9H,1-4H3. The van der Waals surface area contributed by atoms with E-state index < -0.39 is 17.5 Å². The zero-order chi connectivity index (χ0) is 14.9. The van der Waals surface area contributed by atoms with E-state index in [1.165, 1.54) is 10.6 Å². The molecule has 0 aliphatic carbocycles. The Morgan fingerprint density at radius 2 is 2.10 bits per heavy atom. The van der Waals surface area contributed by atoms with Crippen LogP contribution in [0.25, 0.3) is 11.3 Å². The molecule has 0 spiro atoms. The normalized spacial score (nSPS) is 11.4. The van der Waals surface area contributed by atoms with E-state index in [1.807, 2.05) is 0 Å². The minimum absolute atomic E-state index is 0.442. The van der Waals surface area contributed by atoms with Crippen molar-refractivity contribution in [2.75, 3.05) is 0 Å². The Kier molecular flexibility index (Phi) is 3.61. The number of ether oxygens (including phenoxy) is 1. The average Bonchev–Trinajstić information content (AvgIpc) is 2.79. The van der Waals surface area contributed by atoms with Crippen LogP contribution in [-0.2, 0) is 4.74 Å². The molecule has 2 aromatic heterocycles. The molecular weight excluding hydrogens is 259 g/mol. The number of hydrogen-bond donors (Lipinski definition) is 0. The summed E-state index contributed by atoms with van der Waals surface area (Å²) in [4.78, 5) is 16.1. The number of rotatable bonds is 1. The first-order valence-electron chi connectivity index (χ1n) is 6.31. The van der Waals surface area contributed by atoms with Crippen LogP contribution < -0.4 is 0 Å². The van der Waals surface area contributed by atoms with E-state index >= 15 is 0 Å². The second kappa shape index (κ2) is 5.07. The molecule has 0 radical (unpaired) electrons. The lowest BCUT2D eigenvalue weighted by molar-refractivity contribution is 0.0540. The second-order valence-electron chi connectivity index (χ2n) is 5.53. The van der Waals surface area contributed by atoms with E-state index in [4.69, 9.17) is 4.74 Å². The minimum Gasteiger partial charge on any atom is -0.443 e. The predicted octanol–water partition coefficient (Wildman–Crippen LogP) is 3.78. The maximum absolute atomic E-state index is 13.4. The van der Waals surface area contributed by atoms with Crippen molar-refractivity contribution in [3.63, 3.8) is 0 Å². The third-order valence-corrected chi connectivity index (χ3v) is 2.67. The van der Waals surface area contributed by atoms with Gasteiger partial charge in [0, 0.05) is 17.5 Å². The van der Waals surface area contributed by atoms with E-state index in [0.717, 1.165) is 6.20 Å². The first-order valence-corrected chi connectivity index (χ1v) is 6.31. The lowest BCUT2D eigenvalue weighted by atomic mass is 10.1. The minimum atomic E-state index is -0.589. The zero-order valence-corrected chi connectivity index (χ0v) is 12.0. The number of aryl methyl sites for hydroxylation is 1. The van der Waals surface area contributed by atoms with Gasteiger partial charge >= 0.3 is 6.09 Å². The van der Waals surface area contributed by atoms with Crippen molar-refractivity contribution >= 4 is 6.09 Å². The highest BCUT2D eigenvalue weighted by molar-refractivity contribution is 5.79. The number of carbonyl (C=O) groups is 1. The summed E-state index contributed by atoms with van der Waals surface area (Å²) in [6, 6.07) is 4.80. The zero-order valence-electron chi connectivity index (χ0n) is 12.0. The molecule has 0 saturated carbocycles. The highest BCUT2D eigenvalue weighted by Crippen LogP contribution is 2.24. The van der Waals surface area contributed by atoms with Gasteiger partial charge in [0.25, 0.3) is 0 Å². The van der Waals surface area contributed by atoms with Gasteiger partial charge in [0.2, 0.25) is 0 Å². The van der Waals surface area contributed by atoms with Gasteiger partial charge in [-0.05, 0) is 45.9 Å². The molecule has 5 heteroatoms. The van der Waals surface area contributed by atoms with Crippen LogP contribution in [0.1, 0.15) is 26.5 Å². The summed E-state index contributed by atoms with van der Waals surface area (Å²) in [6.07, 6.45) is 2.24. The van der Waals surface area contributed by atoms with Crippen molar-refractivity contribution in [2.24, 2.45) is 0 Å². The number of hydrogen-bond acceptors (Lipinski definition) is 3. The summed E-state index contributed by atoms with van der Waals surface area (Å²) in [7, 11) is 0. The number of nitrogens with zero attached hydrogens (tertiary/aromatic N) is 2. The molecule has 0 fully saturated rings. The van der Waals surface area contributed by atoms with E-state index in [1.54, 1.807) is 46.0 Å². The molecule has 0 N–H and O–H groups in total. The number of pyridine rings is 1. The van der Waals surface area contributed by atoms with Gasteiger partial charge in [-0.15, -0.1) is 0 Å². The van der Waals surface area contributed by atoms with Crippen molar-refractivity contribution in [3.8, 4) is 11.3 Å². The van der Waals surface area contributed by atoms with Crippen LogP contribution in [0.2, 0.25) is 0 Å². The third-order valence-electron chi connectivity index (χ3n) is 2.67. The van der Waals surface area contributed by atoms with Crippen LogP contribution in [-0.4, -0.2) is 21.2 Å².